The number of nitrogens with zero attached hydrogens (tertiary/aromatic N) is 2. The number of benzene rings is 2. The normalized spacial score (nSPS) is 22.6. The van der Waals surface area contributed by atoms with Gasteiger partial charge >= 0.3 is 6.03 Å². The number of anilines is 1. The Hall–Kier alpha value is -3.40. The van der Waals surface area contributed by atoms with Gasteiger partial charge in [0.1, 0.15) is 6.04 Å². The fourth-order valence-electron chi connectivity index (χ4n) is 4.72. The molecule has 3 saturated heterocycles. The summed E-state index contributed by atoms with van der Waals surface area (Å²) in [5.74, 6) is -0.149. The van der Waals surface area contributed by atoms with Crippen LogP contribution in [0.5, 0.6) is 0 Å². The topological polar surface area (TPSA) is 116 Å². The largest absolute Gasteiger partial charge is 0.355 e. The number of imide groups is 1. The fraction of sp³-hybridized carbons (Fsp3) is 0.348. The van der Waals surface area contributed by atoms with Crippen molar-refractivity contribution in [1.82, 2.24) is 15.1 Å². The van der Waals surface area contributed by atoms with Crippen LogP contribution in [0.4, 0.5) is 10.5 Å². The highest BCUT2D eigenvalue weighted by atomic mass is 32.2. The van der Waals surface area contributed by atoms with Crippen molar-refractivity contribution in [3.63, 3.8) is 0 Å². The van der Waals surface area contributed by atoms with Crippen LogP contribution >= 0.6 is 0 Å². The van der Waals surface area contributed by atoms with Gasteiger partial charge in [0.2, 0.25) is 5.91 Å². The van der Waals surface area contributed by atoms with E-state index in [4.69, 9.17) is 0 Å². The monoisotopic (exact) mass is 468 g/mol. The molecule has 3 fully saturated rings. The van der Waals surface area contributed by atoms with E-state index in [1.807, 2.05) is 0 Å². The maximum Gasteiger partial charge on any atom is 0.327 e. The smallest absolute Gasteiger partial charge is 0.327 e. The summed E-state index contributed by atoms with van der Waals surface area (Å²) in [6.45, 7) is 1.25. The lowest BCUT2D eigenvalue weighted by Crippen LogP contribution is -2.32. The number of urea groups is 1. The van der Waals surface area contributed by atoms with Gasteiger partial charge in [-0.05, 0) is 48.2 Å². The Balaban J connectivity index is 1.28. The molecule has 2 N–H and O–H groups in total. The van der Waals surface area contributed by atoms with Gasteiger partial charge in [0, 0.05) is 31.1 Å². The Labute approximate surface area is 191 Å². The minimum Gasteiger partial charge on any atom is -0.355 e. The summed E-state index contributed by atoms with van der Waals surface area (Å²) in [5.41, 5.74) is 1.92. The average Bonchev–Trinajstić information content (AvgIpc) is 3.50. The number of hydrogen-bond donors (Lipinski definition) is 2. The molecule has 2 unspecified atom stereocenters. The minimum absolute atomic E-state index is 0.00373. The average molecular weight is 469 g/mol. The standard InChI is InChI=1S/C23H24N4O5S/c28-21-12-17(13-24-21)16-6-8-19(9-7-16)33(31,32)25-18-4-1-3-15(11-18)14-27-22(29)20-5-2-10-26(20)23(27)30/h1,3-4,6-9,11,17,20,25H,2,5,10,12-14H2,(H,24,28). The van der Waals surface area contributed by atoms with Crippen LogP contribution < -0.4 is 10.0 Å². The van der Waals surface area contributed by atoms with Gasteiger partial charge in [-0.1, -0.05) is 24.3 Å². The zero-order chi connectivity index (χ0) is 23.2. The predicted molar refractivity (Wildman–Crippen MR) is 120 cm³/mol. The summed E-state index contributed by atoms with van der Waals surface area (Å²) in [6.07, 6.45) is 1.93. The van der Waals surface area contributed by atoms with E-state index in [-0.39, 0.29) is 41.2 Å². The molecule has 3 aliphatic heterocycles. The molecule has 0 aliphatic carbocycles. The first kappa shape index (κ1) is 21.4. The van der Waals surface area contributed by atoms with Crippen molar-refractivity contribution in [3.05, 3.63) is 59.7 Å². The van der Waals surface area contributed by atoms with Crippen LogP contribution in [0.15, 0.2) is 53.4 Å². The number of sulfonamides is 1. The number of amides is 4. The lowest BCUT2D eigenvalue weighted by atomic mass is 9.99. The van der Waals surface area contributed by atoms with Crippen LogP contribution in [0, 0.1) is 0 Å². The molecule has 3 aliphatic rings. The molecule has 33 heavy (non-hydrogen) atoms. The Morgan fingerprint density at radius 2 is 1.85 bits per heavy atom. The first-order valence-electron chi connectivity index (χ1n) is 10.9. The van der Waals surface area contributed by atoms with Crippen molar-refractivity contribution in [2.45, 2.75) is 42.7 Å². The second-order valence-corrected chi connectivity index (χ2v) is 10.3. The maximum absolute atomic E-state index is 12.9. The quantitative estimate of drug-likeness (QED) is 0.630. The third-order valence-electron chi connectivity index (χ3n) is 6.44. The Kier molecular flexibility index (Phi) is 5.32. The molecule has 2 atom stereocenters. The lowest BCUT2D eigenvalue weighted by molar-refractivity contribution is -0.128. The molecule has 2 aromatic rings. The summed E-state index contributed by atoms with van der Waals surface area (Å²) in [6, 6.07) is 12.6. The van der Waals surface area contributed by atoms with Crippen molar-refractivity contribution in [2.24, 2.45) is 0 Å². The molecule has 2 aromatic carbocycles. The van der Waals surface area contributed by atoms with Gasteiger partial charge in [-0.2, -0.15) is 0 Å². The first-order chi connectivity index (χ1) is 15.8. The third kappa shape index (κ3) is 4.06. The molecular formula is C23H24N4O5S. The highest BCUT2D eigenvalue weighted by Gasteiger charge is 2.47. The number of carbonyl (C=O) groups is 3. The first-order valence-corrected chi connectivity index (χ1v) is 12.4. The van der Waals surface area contributed by atoms with E-state index >= 15 is 0 Å². The molecule has 0 bridgehead atoms. The van der Waals surface area contributed by atoms with E-state index in [1.165, 1.54) is 17.0 Å². The molecule has 0 radical (unpaired) electrons. The molecule has 5 rings (SSSR count). The zero-order valence-corrected chi connectivity index (χ0v) is 18.7. The highest BCUT2D eigenvalue weighted by Crippen LogP contribution is 2.29. The van der Waals surface area contributed by atoms with Crippen molar-refractivity contribution >= 4 is 33.6 Å². The molecule has 9 nitrogen and oxygen atoms in total. The van der Waals surface area contributed by atoms with Crippen LogP contribution in [0.25, 0.3) is 0 Å². The Morgan fingerprint density at radius 3 is 2.55 bits per heavy atom. The van der Waals surface area contributed by atoms with Crippen LogP contribution in [-0.2, 0) is 26.2 Å². The number of fused-ring (bicyclic) bond motifs is 1. The summed E-state index contributed by atoms with van der Waals surface area (Å²) < 4.78 is 28.3. The molecule has 10 heteroatoms. The van der Waals surface area contributed by atoms with Gasteiger partial charge in [0.15, 0.2) is 0 Å². The number of hydrogen-bond acceptors (Lipinski definition) is 5. The van der Waals surface area contributed by atoms with E-state index in [0.29, 0.717) is 37.2 Å². The van der Waals surface area contributed by atoms with Gasteiger partial charge in [0.05, 0.1) is 11.4 Å². The van der Waals surface area contributed by atoms with Crippen LogP contribution in [0.1, 0.15) is 36.3 Å². The van der Waals surface area contributed by atoms with E-state index in [1.54, 1.807) is 41.3 Å². The number of rotatable bonds is 6. The minimum atomic E-state index is -3.83. The summed E-state index contributed by atoms with van der Waals surface area (Å²) in [7, 11) is -3.83. The predicted octanol–water partition coefficient (Wildman–Crippen LogP) is 2.02. The van der Waals surface area contributed by atoms with E-state index in [9.17, 15) is 22.8 Å². The summed E-state index contributed by atoms with van der Waals surface area (Å²) in [4.78, 5) is 39.5. The highest BCUT2D eigenvalue weighted by molar-refractivity contribution is 7.92. The van der Waals surface area contributed by atoms with E-state index < -0.39 is 10.0 Å². The van der Waals surface area contributed by atoms with Gasteiger partial charge in [-0.3, -0.25) is 19.2 Å². The van der Waals surface area contributed by atoms with Crippen molar-refractivity contribution < 1.29 is 22.8 Å². The van der Waals surface area contributed by atoms with Crippen LogP contribution in [0.3, 0.4) is 0 Å². The Bertz CT molecular complexity index is 1210. The number of nitrogens with one attached hydrogen (secondary N) is 2. The number of carbonyl (C=O) groups excluding carboxylic acids is 3. The van der Waals surface area contributed by atoms with Gasteiger partial charge in [0.25, 0.3) is 15.9 Å². The molecule has 172 valence electrons. The summed E-state index contributed by atoms with van der Waals surface area (Å²) >= 11 is 0. The van der Waals surface area contributed by atoms with Gasteiger partial charge < -0.3 is 10.2 Å². The van der Waals surface area contributed by atoms with Crippen molar-refractivity contribution in [2.75, 3.05) is 17.8 Å². The molecule has 0 saturated carbocycles. The second-order valence-electron chi connectivity index (χ2n) is 8.64. The summed E-state index contributed by atoms with van der Waals surface area (Å²) in [5, 5.41) is 2.78. The van der Waals surface area contributed by atoms with Crippen LogP contribution in [-0.4, -0.2) is 55.2 Å². The molecule has 0 spiro atoms. The van der Waals surface area contributed by atoms with E-state index in [2.05, 4.69) is 10.0 Å². The van der Waals surface area contributed by atoms with Gasteiger partial charge in [-0.15, -0.1) is 0 Å². The van der Waals surface area contributed by atoms with Crippen molar-refractivity contribution in [1.29, 1.82) is 0 Å². The lowest BCUT2D eigenvalue weighted by Gasteiger charge is -2.16. The molecule has 0 aromatic heterocycles. The second kappa shape index (κ2) is 8.18. The third-order valence-corrected chi connectivity index (χ3v) is 7.84. The SMILES string of the molecule is O=C1CC(c2ccc(S(=O)(=O)Nc3cccc(CN4C(=O)C5CCCN5C4=O)c3)cc2)CN1. The molecule has 4 amide bonds. The molecular weight excluding hydrogens is 444 g/mol. The maximum atomic E-state index is 12.9. The fourth-order valence-corrected chi connectivity index (χ4v) is 5.77. The Morgan fingerprint density at radius 1 is 1.06 bits per heavy atom. The zero-order valence-electron chi connectivity index (χ0n) is 17.9. The van der Waals surface area contributed by atoms with Crippen LogP contribution in [0.2, 0.25) is 0 Å². The van der Waals surface area contributed by atoms with E-state index in [0.717, 1.165) is 12.0 Å². The van der Waals surface area contributed by atoms with Gasteiger partial charge in [-0.25, -0.2) is 13.2 Å². The molecule has 3 heterocycles. The van der Waals surface area contributed by atoms with Crippen molar-refractivity contribution in [3.8, 4) is 0 Å².